The van der Waals surface area contributed by atoms with Crippen LogP contribution in [0.2, 0.25) is 0 Å². The number of allylic oxidation sites excluding steroid dienone is 2. The molecule has 0 aliphatic carbocycles. The molecule has 31 heavy (non-hydrogen) atoms. The highest BCUT2D eigenvalue weighted by molar-refractivity contribution is 7.95. The Balaban J connectivity index is 0.00000341. The third kappa shape index (κ3) is 6.75. The second-order valence-electron chi connectivity index (χ2n) is 7.27. The summed E-state index contributed by atoms with van der Waals surface area (Å²) in [5.41, 5.74) is 0. The molecule has 4 heteroatoms. The van der Waals surface area contributed by atoms with Crippen LogP contribution in [-0.2, 0) is 9.53 Å². The van der Waals surface area contributed by atoms with E-state index in [4.69, 9.17) is 4.74 Å². The van der Waals surface area contributed by atoms with Crippen molar-refractivity contribution in [1.82, 2.24) is 0 Å². The number of ether oxygens (including phenoxy) is 1. The van der Waals surface area contributed by atoms with Crippen LogP contribution < -0.4 is 39.9 Å². The summed E-state index contributed by atoms with van der Waals surface area (Å²) in [7, 11) is -0.312. The zero-order valence-electron chi connectivity index (χ0n) is 18.0. The van der Waals surface area contributed by atoms with Crippen molar-refractivity contribution in [2.45, 2.75) is 25.7 Å². The number of halogens is 1. The van der Waals surface area contributed by atoms with E-state index in [1.807, 2.05) is 0 Å². The Labute approximate surface area is 204 Å². The molecule has 0 aliphatic rings. The second kappa shape index (κ2) is 13.4. The molecule has 0 fully saturated rings. The highest BCUT2D eigenvalue weighted by Crippen LogP contribution is 2.55. The SMILES string of the molecule is COC(=O)CCC/C=C\CC[P+](c1ccccc1)(c1ccccc1)c1ccccc1.[I-]. The smallest absolute Gasteiger partial charge is 0.305 e. The number of carbonyl (C=O) groups excluding carboxylic acids is 1. The molecule has 0 saturated heterocycles. The Hall–Kier alpha value is -1.97. The number of hydrogen-bond donors (Lipinski definition) is 0. The molecule has 0 unspecified atom stereocenters. The lowest BCUT2D eigenvalue weighted by Gasteiger charge is -2.27. The Morgan fingerprint density at radius 1 is 0.742 bits per heavy atom. The summed E-state index contributed by atoms with van der Waals surface area (Å²) in [5, 5.41) is 4.25. The molecule has 0 radical (unpaired) electrons. The Bertz CT molecular complexity index is 831. The summed E-state index contributed by atoms with van der Waals surface area (Å²) in [6.07, 6.45) is 8.79. The molecular weight excluding hydrogens is 514 g/mol. The molecule has 3 aromatic carbocycles. The van der Waals surface area contributed by atoms with E-state index in [2.05, 4.69) is 103 Å². The van der Waals surface area contributed by atoms with Crippen molar-refractivity contribution in [1.29, 1.82) is 0 Å². The van der Waals surface area contributed by atoms with E-state index in [-0.39, 0.29) is 29.9 Å². The van der Waals surface area contributed by atoms with Gasteiger partial charge in [-0.2, -0.15) is 0 Å². The summed E-state index contributed by atoms with van der Waals surface area (Å²) < 4.78 is 4.71. The molecule has 0 aliphatic heterocycles. The predicted molar refractivity (Wildman–Crippen MR) is 130 cm³/mol. The normalized spacial score (nSPS) is 11.1. The first-order chi connectivity index (χ1) is 14.8. The van der Waals surface area contributed by atoms with Crippen LogP contribution in [-0.4, -0.2) is 19.2 Å². The van der Waals surface area contributed by atoms with Crippen LogP contribution in [0.4, 0.5) is 0 Å². The average molecular weight is 544 g/mol. The standard InChI is InChI=1S/C27H30O2P.HI/c1-29-27(28)22-14-3-2-4-15-23-30(24-16-8-5-9-17-24,25-18-10-6-11-19-25)26-20-12-7-13-21-26;/h2,4-13,16-21H,3,14-15,22-23H2,1H3;1H/q+1;/p-1/b4-2-;. The van der Waals surface area contributed by atoms with Gasteiger partial charge in [-0.05, 0) is 49.2 Å². The molecule has 2 nitrogen and oxygen atoms in total. The number of esters is 1. The third-order valence-electron chi connectivity index (χ3n) is 5.37. The maximum absolute atomic E-state index is 11.3. The van der Waals surface area contributed by atoms with Crippen molar-refractivity contribution >= 4 is 29.1 Å². The average Bonchev–Trinajstić information content (AvgIpc) is 2.82. The van der Waals surface area contributed by atoms with E-state index in [1.165, 1.54) is 23.0 Å². The summed E-state index contributed by atoms with van der Waals surface area (Å²) in [4.78, 5) is 11.3. The quantitative estimate of drug-likeness (QED) is 0.129. The largest absolute Gasteiger partial charge is 1.00 e. The molecule has 0 spiro atoms. The lowest BCUT2D eigenvalue weighted by Crippen LogP contribution is -3.00. The van der Waals surface area contributed by atoms with Crippen LogP contribution in [0.5, 0.6) is 0 Å². The maximum atomic E-state index is 11.3. The van der Waals surface area contributed by atoms with Gasteiger partial charge in [0.15, 0.2) is 0 Å². The number of hydrogen-bond acceptors (Lipinski definition) is 2. The predicted octanol–water partition coefficient (Wildman–Crippen LogP) is 2.27. The number of rotatable bonds is 10. The summed E-state index contributed by atoms with van der Waals surface area (Å²) in [6.45, 7) is 0. The van der Waals surface area contributed by atoms with Crippen LogP contribution in [0.3, 0.4) is 0 Å². The van der Waals surface area contributed by atoms with Gasteiger partial charge in [0.2, 0.25) is 0 Å². The van der Waals surface area contributed by atoms with Crippen molar-refractivity contribution in [3.8, 4) is 0 Å². The van der Waals surface area contributed by atoms with Crippen molar-refractivity contribution in [3.05, 3.63) is 103 Å². The molecule has 0 heterocycles. The summed E-state index contributed by atoms with van der Waals surface area (Å²) in [6, 6.07) is 32.9. The van der Waals surface area contributed by atoms with Crippen LogP contribution in [0, 0.1) is 0 Å². The number of methoxy groups -OCH3 is 1. The monoisotopic (exact) mass is 544 g/mol. The van der Waals surface area contributed by atoms with Crippen LogP contribution >= 0.6 is 7.26 Å². The zero-order valence-corrected chi connectivity index (χ0v) is 21.0. The molecule has 3 rings (SSSR count). The number of carbonyl (C=O) groups is 1. The number of unbranched alkanes of at least 4 members (excludes halogenated alkanes) is 1. The molecule has 0 N–H and O–H groups in total. The van der Waals surface area contributed by atoms with Crippen LogP contribution in [0.15, 0.2) is 103 Å². The zero-order chi connectivity index (χ0) is 21.1. The minimum atomic E-state index is -1.75. The Kier molecular flexibility index (Phi) is 11.0. The van der Waals surface area contributed by atoms with Gasteiger partial charge in [0.1, 0.15) is 23.2 Å². The molecule has 0 bridgehead atoms. The highest BCUT2D eigenvalue weighted by Gasteiger charge is 2.44. The van der Waals surface area contributed by atoms with Crippen molar-refractivity contribution in [2.24, 2.45) is 0 Å². The van der Waals surface area contributed by atoms with Gasteiger partial charge in [0.25, 0.3) is 0 Å². The van der Waals surface area contributed by atoms with E-state index < -0.39 is 7.26 Å². The van der Waals surface area contributed by atoms with Gasteiger partial charge in [0.05, 0.1) is 13.3 Å². The molecule has 162 valence electrons. The molecule has 0 amide bonds. The minimum absolute atomic E-state index is 0. The first kappa shape index (κ1) is 25.3. The molecule has 0 atom stereocenters. The minimum Gasteiger partial charge on any atom is -1.00 e. The van der Waals surface area contributed by atoms with Crippen molar-refractivity contribution in [2.75, 3.05) is 13.3 Å². The first-order valence-corrected chi connectivity index (χ1v) is 12.5. The topological polar surface area (TPSA) is 26.3 Å². The third-order valence-corrected chi connectivity index (χ3v) is 9.84. The molecule has 3 aromatic rings. The Morgan fingerprint density at radius 2 is 1.16 bits per heavy atom. The first-order valence-electron chi connectivity index (χ1n) is 10.5. The van der Waals surface area contributed by atoms with Gasteiger partial charge in [0, 0.05) is 12.8 Å². The van der Waals surface area contributed by atoms with Gasteiger partial charge in [-0.15, -0.1) is 0 Å². The maximum Gasteiger partial charge on any atom is 0.305 e. The van der Waals surface area contributed by atoms with Crippen molar-refractivity contribution < 1.29 is 33.5 Å². The van der Waals surface area contributed by atoms with E-state index >= 15 is 0 Å². The van der Waals surface area contributed by atoms with Gasteiger partial charge in [-0.3, -0.25) is 4.79 Å². The van der Waals surface area contributed by atoms with Crippen molar-refractivity contribution in [3.63, 3.8) is 0 Å². The fourth-order valence-corrected chi connectivity index (χ4v) is 8.10. The molecular formula is C27H30IO2P. The van der Waals surface area contributed by atoms with Crippen LogP contribution in [0.25, 0.3) is 0 Å². The summed E-state index contributed by atoms with van der Waals surface area (Å²) in [5.74, 6) is -0.134. The fourth-order valence-electron chi connectivity index (χ4n) is 3.85. The lowest BCUT2D eigenvalue weighted by molar-refractivity contribution is -0.140. The van der Waals surface area contributed by atoms with Gasteiger partial charge in [-0.1, -0.05) is 66.7 Å². The van der Waals surface area contributed by atoms with E-state index in [0.29, 0.717) is 6.42 Å². The highest BCUT2D eigenvalue weighted by atomic mass is 127. The lowest BCUT2D eigenvalue weighted by atomic mass is 10.2. The van der Waals surface area contributed by atoms with E-state index in [0.717, 1.165) is 25.4 Å². The second-order valence-corrected chi connectivity index (χ2v) is 10.9. The van der Waals surface area contributed by atoms with E-state index in [9.17, 15) is 4.79 Å². The summed E-state index contributed by atoms with van der Waals surface area (Å²) >= 11 is 0. The Morgan fingerprint density at radius 3 is 1.58 bits per heavy atom. The molecule has 0 saturated carbocycles. The fraction of sp³-hybridized carbons (Fsp3) is 0.222. The van der Waals surface area contributed by atoms with Gasteiger partial charge >= 0.3 is 5.97 Å². The van der Waals surface area contributed by atoms with E-state index in [1.54, 1.807) is 0 Å². The van der Waals surface area contributed by atoms with Gasteiger partial charge in [-0.25, -0.2) is 0 Å². The molecule has 0 aromatic heterocycles. The number of benzene rings is 3. The van der Waals surface area contributed by atoms with Gasteiger partial charge < -0.3 is 28.7 Å². The van der Waals surface area contributed by atoms with Crippen LogP contribution in [0.1, 0.15) is 25.7 Å².